The lowest BCUT2D eigenvalue weighted by Crippen LogP contribution is -2.35. The normalized spacial score (nSPS) is 16.6. The van der Waals surface area contributed by atoms with E-state index in [-0.39, 0.29) is 11.6 Å². The summed E-state index contributed by atoms with van der Waals surface area (Å²) >= 11 is 0. The lowest BCUT2D eigenvalue weighted by atomic mass is 9.96. The van der Waals surface area contributed by atoms with Crippen LogP contribution in [0.1, 0.15) is 29.5 Å². The molecular formula is C21H26F3N3O2S. The maximum atomic E-state index is 13.4. The van der Waals surface area contributed by atoms with E-state index in [2.05, 4.69) is 41.4 Å². The van der Waals surface area contributed by atoms with Crippen LogP contribution < -0.4 is 10.5 Å². The molecule has 2 aromatic carbocycles. The standard InChI is InChI=1S/C21H26F3N3O2S/c1-15-2-4-17(5-3-15)14-27-10-8-16(9-11-27)13-26-20-7-6-18(30(25,28)29)12-19(20)21(22,23)24/h2-7,12,16,26H,8-11,13-14H2,1H3,(H2,25,28,29). The number of hydrogen-bond donors (Lipinski definition) is 2. The topological polar surface area (TPSA) is 75.4 Å². The highest BCUT2D eigenvalue weighted by Gasteiger charge is 2.35. The van der Waals surface area contributed by atoms with E-state index in [1.165, 1.54) is 11.1 Å². The maximum absolute atomic E-state index is 13.4. The van der Waals surface area contributed by atoms with E-state index in [9.17, 15) is 21.6 Å². The van der Waals surface area contributed by atoms with E-state index in [1.54, 1.807) is 0 Å². The summed E-state index contributed by atoms with van der Waals surface area (Å²) < 4.78 is 62.9. The van der Waals surface area contributed by atoms with E-state index >= 15 is 0 Å². The second-order valence-corrected chi connectivity index (χ2v) is 9.40. The molecule has 2 aromatic rings. The van der Waals surface area contributed by atoms with E-state index < -0.39 is 26.7 Å². The predicted molar refractivity (Wildman–Crippen MR) is 110 cm³/mol. The number of hydrogen-bond acceptors (Lipinski definition) is 4. The van der Waals surface area contributed by atoms with Gasteiger partial charge in [0.25, 0.3) is 0 Å². The maximum Gasteiger partial charge on any atom is 0.418 e. The van der Waals surface area contributed by atoms with Crippen LogP contribution in [0.5, 0.6) is 0 Å². The molecule has 0 amide bonds. The summed E-state index contributed by atoms with van der Waals surface area (Å²) in [7, 11) is -4.21. The van der Waals surface area contributed by atoms with Gasteiger partial charge in [-0.3, -0.25) is 4.90 Å². The quantitative estimate of drug-likeness (QED) is 0.711. The van der Waals surface area contributed by atoms with Gasteiger partial charge in [-0.1, -0.05) is 29.8 Å². The molecule has 1 fully saturated rings. The van der Waals surface area contributed by atoms with Gasteiger partial charge in [0.05, 0.1) is 10.5 Å². The van der Waals surface area contributed by atoms with Gasteiger partial charge in [-0.15, -0.1) is 0 Å². The molecule has 1 aliphatic heterocycles. The second kappa shape index (κ2) is 8.95. The molecule has 0 aliphatic carbocycles. The van der Waals surface area contributed by atoms with Crippen molar-refractivity contribution < 1.29 is 21.6 Å². The van der Waals surface area contributed by atoms with Crippen LogP contribution in [0.2, 0.25) is 0 Å². The van der Waals surface area contributed by atoms with Gasteiger partial charge in [0.1, 0.15) is 0 Å². The van der Waals surface area contributed by atoms with Crippen molar-refractivity contribution in [1.82, 2.24) is 4.90 Å². The summed E-state index contributed by atoms with van der Waals surface area (Å²) in [6, 6.07) is 11.2. The molecule has 9 heteroatoms. The number of benzene rings is 2. The number of piperidine rings is 1. The molecule has 30 heavy (non-hydrogen) atoms. The van der Waals surface area contributed by atoms with Crippen molar-refractivity contribution in [2.24, 2.45) is 11.1 Å². The van der Waals surface area contributed by atoms with Crippen LogP contribution in [-0.4, -0.2) is 33.0 Å². The largest absolute Gasteiger partial charge is 0.418 e. The first-order chi connectivity index (χ1) is 14.0. The Kier molecular flexibility index (Phi) is 6.74. The molecule has 1 heterocycles. The summed E-state index contributed by atoms with van der Waals surface area (Å²) in [5.74, 6) is 0.248. The fraction of sp³-hybridized carbons (Fsp3) is 0.429. The number of nitrogens with two attached hydrogens (primary N) is 1. The Bertz CT molecular complexity index is 968. The molecule has 0 saturated carbocycles. The third kappa shape index (κ3) is 5.96. The Morgan fingerprint density at radius 2 is 1.73 bits per heavy atom. The summed E-state index contributed by atoms with van der Waals surface area (Å²) in [5, 5.41) is 7.83. The Labute approximate surface area is 175 Å². The SMILES string of the molecule is Cc1ccc(CN2CCC(CNc3ccc(S(N)(=O)=O)cc3C(F)(F)F)CC2)cc1. The van der Waals surface area contributed by atoms with E-state index in [0.717, 1.165) is 44.6 Å². The number of anilines is 1. The number of likely N-dealkylation sites (tertiary alicyclic amines) is 1. The first kappa shape index (κ1) is 22.6. The van der Waals surface area contributed by atoms with Crippen LogP contribution in [0.15, 0.2) is 47.4 Å². The van der Waals surface area contributed by atoms with Gasteiger partial charge in [-0.25, -0.2) is 13.6 Å². The Hall–Kier alpha value is -2.10. The molecule has 0 radical (unpaired) electrons. The van der Waals surface area contributed by atoms with Crippen molar-refractivity contribution in [3.63, 3.8) is 0 Å². The molecule has 164 valence electrons. The minimum Gasteiger partial charge on any atom is -0.384 e. The summed E-state index contributed by atoms with van der Waals surface area (Å²) in [4.78, 5) is 1.80. The molecule has 3 N–H and O–H groups in total. The number of halogens is 3. The summed E-state index contributed by atoms with van der Waals surface area (Å²) in [5.41, 5.74) is 1.32. The summed E-state index contributed by atoms with van der Waals surface area (Å²) in [6.07, 6.45) is -2.91. The average molecular weight is 442 g/mol. The molecule has 0 aromatic heterocycles. The summed E-state index contributed by atoms with van der Waals surface area (Å²) in [6.45, 7) is 5.09. The number of aryl methyl sites for hydroxylation is 1. The smallest absolute Gasteiger partial charge is 0.384 e. The molecule has 1 aliphatic rings. The molecular weight excluding hydrogens is 415 g/mol. The second-order valence-electron chi connectivity index (χ2n) is 7.84. The minimum absolute atomic E-state index is 0.128. The van der Waals surface area contributed by atoms with Crippen molar-refractivity contribution in [3.8, 4) is 0 Å². The number of rotatable bonds is 6. The Balaban J connectivity index is 1.58. The molecule has 5 nitrogen and oxygen atoms in total. The third-order valence-electron chi connectivity index (χ3n) is 5.44. The minimum atomic E-state index is -4.68. The van der Waals surface area contributed by atoms with Gasteiger partial charge in [0, 0.05) is 18.8 Å². The molecule has 3 rings (SSSR count). The van der Waals surface area contributed by atoms with Crippen molar-refractivity contribution in [2.45, 2.75) is 37.4 Å². The third-order valence-corrected chi connectivity index (χ3v) is 6.35. The van der Waals surface area contributed by atoms with Crippen LogP contribution in [0.4, 0.5) is 18.9 Å². The highest BCUT2D eigenvalue weighted by atomic mass is 32.2. The van der Waals surface area contributed by atoms with Gasteiger partial charge >= 0.3 is 6.18 Å². The van der Waals surface area contributed by atoms with Crippen LogP contribution in [0.3, 0.4) is 0 Å². The zero-order valence-electron chi connectivity index (χ0n) is 16.7. The van der Waals surface area contributed by atoms with Gasteiger partial charge in [-0.2, -0.15) is 13.2 Å². The molecule has 0 bridgehead atoms. The number of sulfonamides is 1. The number of nitrogens with zero attached hydrogens (tertiary/aromatic N) is 1. The van der Waals surface area contributed by atoms with Crippen LogP contribution in [0.25, 0.3) is 0 Å². The first-order valence-electron chi connectivity index (χ1n) is 9.78. The van der Waals surface area contributed by atoms with Crippen molar-refractivity contribution in [1.29, 1.82) is 0 Å². The first-order valence-corrected chi connectivity index (χ1v) is 11.3. The van der Waals surface area contributed by atoms with E-state index in [1.807, 2.05) is 0 Å². The van der Waals surface area contributed by atoms with E-state index in [4.69, 9.17) is 5.14 Å². The van der Waals surface area contributed by atoms with Crippen molar-refractivity contribution >= 4 is 15.7 Å². The zero-order valence-corrected chi connectivity index (χ0v) is 17.6. The van der Waals surface area contributed by atoms with Crippen LogP contribution in [-0.2, 0) is 22.7 Å². The highest BCUT2D eigenvalue weighted by Crippen LogP contribution is 2.36. The molecule has 0 atom stereocenters. The van der Waals surface area contributed by atoms with Crippen molar-refractivity contribution in [2.75, 3.05) is 25.0 Å². The van der Waals surface area contributed by atoms with Gasteiger partial charge in [-0.05, 0) is 62.5 Å². The highest BCUT2D eigenvalue weighted by molar-refractivity contribution is 7.89. The van der Waals surface area contributed by atoms with Crippen molar-refractivity contribution in [3.05, 3.63) is 59.2 Å². The molecule has 0 spiro atoms. The fourth-order valence-corrected chi connectivity index (χ4v) is 4.18. The van der Waals surface area contributed by atoms with Gasteiger partial charge in [0.15, 0.2) is 0 Å². The lowest BCUT2D eigenvalue weighted by molar-refractivity contribution is -0.137. The van der Waals surface area contributed by atoms with Gasteiger partial charge in [0.2, 0.25) is 10.0 Å². The monoisotopic (exact) mass is 441 g/mol. The fourth-order valence-electron chi connectivity index (χ4n) is 3.64. The Morgan fingerprint density at radius 1 is 1.10 bits per heavy atom. The van der Waals surface area contributed by atoms with Crippen LogP contribution >= 0.6 is 0 Å². The number of nitrogens with one attached hydrogen (secondary N) is 1. The van der Waals surface area contributed by atoms with Gasteiger partial charge < -0.3 is 5.32 Å². The number of primary sulfonamides is 1. The molecule has 1 saturated heterocycles. The van der Waals surface area contributed by atoms with Crippen LogP contribution in [0, 0.1) is 12.8 Å². The lowest BCUT2D eigenvalue weighted by Gasteiger charge is -2.32. The predicted octanol–water partition coefficient (Wildman–Crippen LogP) is 3.99. The zero-order chi connectivity index (χ0) is 21.9. The Morgan fingerprint density at radius 3 is 2.30 bits per heavy atom. The number of alkyl halides is 3. The average Bonchev–Trinajstić information content (AvgIpc) is 2.67. The van der Waals surface area contributed by atoms with E-state index in [0.29, 0.717) is 12.6 Å². The molecule has 0 unspecified atom stereocenters.